The van der Waals surface area contributed by atoms with Gasteiger partial charge in [0, 0.05) is 13.7 Å². The number of hydrogen-bond donors (Lipinski definition) is 2. The minimum atomic E-state index is -0.289. The molecule has 0 saturated heterocycles. The molecule has 0 spiro atoms. The average Bonchev–Trinajstić information content (AvgIpc) is 2.63. The molecule has 0 saturated carbocycles. The lowest BCUT2D eigenvalue weighted by Crippen LogP contribution is -2.33. The summed E-state index contributed by atoms with van der Waals surface area (Å²) in [5.41, 5.74) is 2.76. The Morgan fingerprint density at radius 1 is 1.16 bits per heavy atom. The molecule has 2 N–H and O–H groups in total. The van der Waals surface area contributed by atoms with Gasteiger partial charge in [0.2, 0.25) is 0 Å². The van der Waals surface area contributed by atoms with E-state index in [1.54, 1.807) is 7.11 Å². The minimum Gasteiger partial charge on any atom is -0.491 e. The lowest BCUT2D eigenvalue weighted by atomic mass is 10.1. The van der Waals surface area contributed by atoms with Crippen molar-refractivity contribution in [3.05, 3.63) is 59.7 Å². The molecule has 1 atom stereocenters. The van der Waals surface area contributed by atoms with Crippen molar-refractivity contribution < 1.29 is 14.3 Å². The molecule has 5 nitrogen and oxygen atoms in total. The van der Waals surface area contributed by atoms with Crippen molar-refractivity contribution >= 4 is 11.7 Å². The Morgan fingerprint density at radius 3 is 2.60 bits per heavy atom. The standard InChI is InChI=1S/C20H26N2O3/c1-4-12-25-18-13-15(2)10-11-17(18)22-20(23)21-14-19(24-3)16-8-6-5-7-9-16/h5-11,13,19H,4,12,14H2,1-3H3,(H2,21,22,23). The van der Waals surface area contributed by atoms with Crippen LogP contribution in [0.1, 0.15) is 30.6 Å². The number of rotatable bonds is 8. The van der Waals surface area contributed by atoms with Crippen LogP contribution in [-0.4, -0.2) is 26.3 Å². The summed E-state index contributed by atoms with van der Waals surface area (Å²) in [6.07, 6.45) is 0.715. The number of amides is 2. The minimum absolute atomic E-state index is 0.194. The van der Waals surface area contributed by atoms with Gasteiger partial charge in [-0.3, -0.25) is 0 Å². The Bertz CT molecular complexity index is 674. The topological polar surface area (TPSA) is 59.6 Å². The van der Waals surface area contributed by atoms with Crippen molar-refractivity contribution in [2.75, 3.05) is 25.6 Å². The molecule has 2 aromatic carbocycles. The molecule has 0 heterocycles. The molecule has 0 aliphatic carbocycles. The van der Waals surface area contributed by atoms with Gasteiger partial charge < -0.3 is 20.1 Å². The third kappa shape index (κ3) is 5.80. The van der Waals surface area contributed by atoms with E-state index in [4.69, 9.17) is 9.47 Å². The van der Waals surface area contributed by atoms with Crippen molar-refractivity contribution in [3.63, 3.8) is 0 Å². The molecule has 134 valence electrons. The van der Waals surface area contributed by atoms with Crippen LogP contribution in [0, 0.1) is 6.92 Å². The maximum absolute atomic E-state index is 12.2. The van der Waals surface area contributed by atoms with Crippen molar-refractivity contribution in [1.29, 1.82) is 0 Å². The summed E-state index contributed by atoms with van der Waals surface area (Å²) in [4.78, 5) is 12.2. The third-order valence-corrected chi connectivity index (χ3v) is 3.75. The first-order valence-corrected chi connectivity index (χ1v) is 8.50. The highest BCUT2D eigenvalue weighted by molar-refractivity contribution is 5.91. The summed E-state index contributed by atoms with van der Waals surface area (Å²) in [6.45, 7) is 5.03. The number of anilines is 1. The van der Waals surface area contributed by atoms with Crippen molar-refractivity contribution in [1.82, 2.24) is 5.32 Å². The lowest BCUT2D eigenvalue weighted by molar-refractivity contribution is 0.104. The number of ether oxygens (including phenoxy) is 2. The van der Waals surface area contributed by atoms with Gasteiger partial charge in [-0.2, -0.15) is 0 Å². The first-order valence-electron chi connectivity index (χ1n) is 8.50. The van der Waals surface area contributed by atoms with Gasteiger partial charge in [0.1, 0.15) is 5.75 Å². The van der Waals surface area contributed by atoms with E-state index in [0.29, 0.717) is 24.6 Å². The number of methoxy groups -OCH3 is 1. The van der Waals surface area contributed by atoms with Crippen molar-refractivity contribution in [2.45, 2.75) is 26.4 Å². The highest BCUT2D eigenvalue weighted by Gasteiger charge is 2.13. The Balaban J connectivity index is 1.95. The summed E-state index contributed by atoms with van der Waals surface area (Å²) >= 11 is 0. The fourth-order valence-corrected chi connectivity index (χ4v) is 2.42. The van der Waals surface area contributed by atoms with Gasteiger partial charge in [0.15, 0.2) is 0 Å². The summed E-state index contributed by atoms with van der Waals surface area (Å²) in [6, 6.07) is 15.2. The maximum atomic E-state index is 12.2. The van der Waals surface area contributed by atoms with Crippen LogP contribution >= 0.6 is 0 Å². The first kappa shape index (κ1) is 18.8. The normalized spacial score (nSPS) is 11.6. The number of benzene rings is 2. The fraction of sp³-hybridized carbons (Fsp3) is 0.350. The molecule has 2 rings (SSSR count). The second-order valence-corrected chi connectivity index (χ2v) is 5.82. The number of nitrogens with one attached hydrogen (secondary N) is 2. The van der Waals surface area contributed by atoms with E-state index in [-0.39, 0.29) is 12.1 Å². The van der Waals surface area contributed by atoms with Gasteiger partial charge >= 0.3 is 6.03 Å². The molecule has 0 aliphatic heterocycles. The number of hydrogen-bond acceptors (Lipinski definition) is 3. The van der Waals surface area contributed by atoms with Crippen molar-refractivity contribution in [2.24, 2.45) is 0 Å². The van der Waals surface area contributed by atoms with Gasteiger partial charge in [-0.15, -0.1) is 0 Å². The van der Waals surface area contributed by atoms with Gasteiger partial charge in [-0.25, -0.2) is 4.79 Å². The molecular formula is C20H26N2O3. The van der Waals surface area contributed by atoms with Crippen LogP contribution in [0.2, 0.25) is 0 Å². The molecule has 2 amide bonds. The summed E-state index contributed by atoms with van der Waals surface area (Å²) < 4.78 is 11.2. The molecule has 0 radical (unpaired) electrons. The largest absolute Gasteiger partial charge is 0.491 e. The molecule has 2 aromatic rings. The van der Waals surface area contributed by atoms with E-state index < -0.39 is 0 Å². The Hall–Kier alpha value is -2.53. The predicted octanol–water partition coefficient (Wildman–Crippen LogP) is 4.29. The van der Waals surface area contributed by atoms with E-state index in [2.05, 4.69) is 10.6 Å². The third-order valence-electron chi connectivity index (χ3n) is 3.75. The van der Waals surface area contributed by atoms with Crippen LogP contribution in [0.5, 0.6) is 5.75 Å². The molecule has 0 aromatic heterocycles. The molecule has 0 aliphatic rings. The number of carbonyl (C=O) groups excluding carboxylic acids is 1. The van der Waals surface area contributed by atoms with Crippen LogP contribution in [0.15, 0.2) is 48.5 Å². The average molecular weight is 342 g/mol. The Kier molecular flexibility index (Phi) is 7.29. The first-order chi connectivity index (χ1) is 12.1. The van der Waals surface area contributed by atoms with E-state index in [1.165, 1.54) is 0 Å². The van der Waals surface area contributed by atoms with Gasteiger partial charge in [-0.05, 0) is 36.6 Å². The monoisotopic (exact) mass is 342 g/mol. The number of carbonyl (C=O) groups is 1. The number of aryl methyl sites for hydroxylation is 1. The number of urea groups is 1. The molecule has 5 heteroatoms. The summed E-state index contributed by atoms with van der Waals surface area (Å²) in [5.74, 6) is 0.684. The van der Waals surface area contributed by atoms with Gasteiger partial charge in [0.25, 0.3) is 0 Å². The second kappa shape index (κ2) is 9.69. The van der Waals surface area contributed by atoms with E-state index in [9.17, 15) is 4.79 Å². The highest BCUT2D eigenvalue weighted by atomic mass is 16.5. The van der Waals surface area contributed by atoms with Crippen molar-refractivity contribution in [3.8, 4) is 5.75 Å². The van der Waals surface area contributed by atoms with Crippen LogP contribution < -0.4 is 15.4 Å². The van der Waals surface area contributed by atoms with Crippen LogP contribution in [0.3, 0.4) is 0 Å². The van der Waals surface area contributed by atoms with Gasteiger partial charge in [-0.1, -0.05) is 43.3 Å². The highest BCUT2D eigenvalue weighted by Crippen LogP contribution is 2.26. The van der Waals surface area contributed by atoms with E-state index >= 15 is 0 Å². The Morgan fingerprint density at radius 2 is 1.92 bits per heavy atom. The zero-order chi connectivity index (χ0) is 18.1. The molecule has 0 bridgehead atoms. The van der Waals surface area contributed by atoms with Crippen LogP contribution in [0.25, 0.3) is 0 Å². The fourth-order valence-electron chi connectivity index (χ4n) is 2.42. The summed E-state index contributed by atoms with van der Waals surface area (Å²) in [7, 11) is 1.63. The Labute approximate surface area is 149 Å². The lowest BCUT2D eigenvalue weighted by Gasteiger charge is -2.18. The molecule has 1 unspecified atom stereocenters. The zero-order valence-corrected chi connectivity index (χ0v) is 15.0. The zero-order valence-electron chi connectivity index (χ0n) is 15.0. The molecular weight excluding hydrogens is 316 g/mol. The second-order valence-electron chi connectivity index (χ2n) is 5.82. The molecule has 0 fully saturated rings. The van der Waals surface area contributed by atoms with Crippen LogP contribution in [-0.2, 0) is 4.74 Å². The summed E-state index contributed by atoms with van der Waals surface area (Å²) in [5, 5.41) is 5.69. The van der Waals surface area contributed by atoms with E-state index in [0.717, 1.165) is 17.5 Å². The predicted molar refractivity (Wildman–Crippen MR) is 100 cm³/mol. The smallest absolute Gasteiger partial charge is 0.319 e. The van der Waals surface area contributed by atoms with E-state index in [1.807, 2.05) is 62.4 Å². The SMILES string of the molecule is CCCOc1cc(C)ccc1NC(=O)NCC(OC)c1ccccc1. The maximum Gasteiger partial charge on any atom is 0.319 e. The quantitative estimate of drug-likeness (QED) is 0.752. The van der Waals surface area contributed by atoms with Gasteiger partial charge in [0.05, 0.1) is 18.4 Å². The van der Waals surface area contributed by atoms with Crippen LogP contribution in [0.4, 0.5) is 10.5 Å². The molecule has 25 heavy (non-hydrogen) atoms.